The summed E-state index contributed by atoms with van der Waals surface area (Å²) in [5.74, 6) is -2.31. The molecule has 25 heavy (non-hydrogen) atoms. The molecule has 0 atom stereocenters. The number of alkyl halides is 3. The van der Waals surface area contributed by atoms with Gasteiger partial charge in [0.2, 0.25) is 5.91 Å². The Morgan fingerprint density at radius 1 is 1.00 bits per heavy atom. The molecule has 0 heterocycles. The Bertz CT molecular complexity index is 756. The van der Waals surface area contributed by atoms with Gasteiger partial charge in [-0.05, 0) is 24.1 Å². The first-order chi connectivity index (χ1) is 11.8. The molecule has 2 amide bonds. The van der Waals surface area contributed by atoms with Crippen molar-refractivity contribution in [3.05, 3.63) is 65.2 Å². The summed E-state index contributed by atoms with van der Waals surface area (Å²) in [6, 6.07) is 13.8. The number of nitrogens with one attached hydrogen (secondary N) is 2. The monoisotopic (exact) mass is 350 g/mol. The minimum Gasteiger partial charge on any atom is -0.344 e. The van der Waals surface area contributed by atoms with Crippen molar-refractivity contribution in [2.45, 2.75) is 26.1 Å². The summed E-state index contributed by atoms with van der Waals surface area (Å²) in [6.07, 6.45) is -4.80. The van der Waals surface area contributed by atoms with Gasteiger partial charge < -0.3 is 10.6 Å². The summed E-state index contributed by atoms with van der Waals surface area (Å²) in [7, 11) is 0. The van der Waals surface area contributed by atoms with E-state index in [2.05, 4.69) is 5.32 Å². The number of aryl methyl sites for hydroxylation is 1. The molecule has 2 N–H and O–H groups in total. The van der Waals surface area contributed by atoms with Crippen molar-refractivity contribution in [1.82, 2.24) is 5.32 Å². The first-order valence-corrected chi connectivity index (χ1v) is 7.54. The molecule has 132 valence electrons. The smallest absolute Gasteiger partial charge is 0.344 e. The Kier molecular flexibility index (Phi) is 5.80. The second kappa shape index (κ2) is 7.83. The van der Waals surface area contributed by atoms with Gasteiger partial charge in [-0.3, -0.25) is 9.59 Å². The number of para-hydroxylation sites is 1. The minimum atomic E-state index is -4.94. The van der Waals surface area contributed by atoms with Crippen molar-refractivity contribution in [3.63, 3.8) is 0 Å². The molecule has 7 heteroatoms. The van der Waals surface area contributed by atoms with Crippen LogP contribution in [0.5, 0.6) is 0 Å². The normalized spacial score (nSPS) is 11.0. The summed E-state index contributed by atoms with van der Waals surface area (Å²) in [5.41, 5.74) is 2.65. The maximum Gasteiger partial charge on any atom is 0.471 e. The van der Waals surface area contributed by atoms with Gasteiger partial charge in [0.15, 0.2) is 0 Å². The lowest BCUT2D eigenvalue weighted by Gasteiger charge is -2.13. The van der Waals surface area contributed by atoms with Crippen molar-refractivity contribution >= 4 is 17.5 Å². The van der Waals surface area contributed by atoms with Gasteiger partial charge in [-0.25, -0.2) is 0 Å². The molecule has 0 saturated carbocycles. The highest BCUT2D eigenvalue weighted by Crippen LogP contribution is 2.18. The molecule has 2 aromatic rings. The Morgan fingerprint density at radius 3 is 2.28 bits per heavy atom. The average molecular weight is 350 g/mol. The summed E-state index contributed by atoms with van der Waals surface area (Å²) in [5, 5.41) is 4.46. The highest BCUT2D eigenvalue weighted by atomic mass is 19.4. The molecule has 0 radical (unpaired) electrons. The molecule has 0 spiro atoms. The molecule has 0 aliphatic heterocycles. The van der Waals surface area contributed by atoms with E-state index in [1.54, 1.807) is 23.5 Å². The molecule has 0 aliphatic rings. The van der Waals surface area contributed by atoms with E-state index in [9.17, 15) is 22.8 Å². The van der Waals surface area contributed by atoms with Gasteiger partial charge in [0.1, 0.15) is 0 Å². The topological polar surface area (TPSA) is 58.2 Å². The molecule has 0 fully saturated rings. The van der Waals surface area contributed by atoms with Gasteiger partial charge in [-0.15, -0.1) is 0 Å². The fraction of sp³-hybridized carbons (Fsp3) is 0.222. The van der Waals surface area contributed by atoms with E-state index in [1.807, 2.05) is 31.2 Å². The highest BCUT2D eigenvalue weighted by molar-refractivity contribution is 5.93. The van der Waals surface area contributed by atoms with E-state index in [4.69, 9.17) is 0 Å². The van der Waals surface area contributed by atoms with Crippen LogP contribution in [0.25, 0.3) is 0 Å². The number of carbonyl (C=O) groups is 2. The maximum atomic E-state index is 12.3. The van der Waals surface area contributed by atoms with Crippen LogP contribution in [0.3, 0.4) is 0 Å². The van der Waals surface area contributed by atoms with E-state index in [0.717, 1.165) is 11.1 Å². The predicted molar refractivity (Wildman–Crippen MR) is 87.9 cm³/mol. The summed E-state index contributed by atoms with van der Waals surface area (Å²) < 4.78 is 36.8. The number of hydrogen-bond donors (Lipinski definition) is 2. The second-order valence-electron chi connectivity index (χ2n) is 5.55. The zero-order valence-electron chi connectivity index (χ0n) is 13.5. The molecule has 0 unspecified atom stereocenters. The van der Waals surface area contributed by atoms with E-state index < -0.39 is 12.1 Å². The third-order valence-electron chi connectivity index (χ3n) is 3.47. The zero-order chi connectivity index (χ0) is 18.4. The first kappa shape index (κ1) is 18.5. The van der Waals surface area contributed by atoms with Crippen molar-refractivity contribution in [2.75, 3.05) is 5.32 Å². The number of hydrogen-bond acceptors (Lipinski definition) is 2. The van der Waals surface area contributed by atoms with Crippen LogP contribution in [0.4, 0.5) is 18.9 Å². The fourth-order valence-electron chi connectivity index (χ4n) is 2.16. The zero-order valence-corrected chi connectivity index (χ0v) is 13.5. The van der Waals surface area contributed by atoms with Gasteiger partial charge in [0.25, 0.3) is 0 Å². The molecule has 0 bridgehead atoms. The molecular formula is C18H17F3N2O2. The molecule has 2 rings (SSSR count). The lowest BCUT2D eigenvalue weighted by atomic mass is 10.1. The quantitative estimate of drug-likeness (QED) is 0.869. The predicted octanol–water partition coefficient (Wildman–Crippen LogP) is 3.35. The van der Waals surface area contributed by atoms with E-state index in [1.165, 1.54) is 6.07 Å². The Balaban J connectivity index is 2.01. The number of halogens is 3. The first-order valence-electron chi connectivity index (χ1n) is 7.54. The Morgan fingerprint density at radius 2 is 1.64 bits per heavy atom. The van der Waals surface area contributed by atoms with Crippen LogP contribution in [-0.4, -0.2) is 18.0 Å². The number of carbonyl (C=O) groups excluding carboxylic acids is 2. The third-order valence-corrected chi connectivity index (χ3v) is 3.47. The van der Waals surface area contributed by atoms with Gasteiger partial charge in [0.05, 0.1) is 6.42 Å². The maximum absolute atomic E-state index is 12.3. The van der Waals surface area contributed by atoms with Gasteiger partial charge in [0, 0.05) is 12.2 Å². The number of anilines is 1. The van der Waals surface area contributed by atoms with Crippen molar-refractivity contribution in [1.29, 1.82) is 0 Å². The number of benzene rings is 2. The van der Waals surface area contributed by atoms with Crippen LogP contribution in [0.2, 0.25) is 0 Å². The van der Waals surface area contributed by atoms with Crippen molar-refractivity contribution in [2.24, 2.45) is 0 Å². The fourth-order valence-corrected chi connectivity index (χ4v) is 2.16. The van der Waals surface area contributed by atoms with Gasteiger partial charge >= 0.3 is 12.1 Å². The van der Waals surface area contributed by atoms with Crippen LogP contribution >= 0.6 is 0 Å². The SMILES string of the molecule is Cc1ccc(CC(=O)Nc2ccccc2CNC(=O)C(F)(F)F)cc1. The lowest BCUT2D eigenvalue weighted by Crippen LogP contribution is -2.36. The molecular weight excluding hydrogens is 333 g/mol. The van der Waals surface area contributed by atoms with Crippen LogP contribution in [0.1, 0.15) is 16.7 Å². The molecule has 0 aromatic heterocycles. The van der Waals surface area contributed by atoms with Crippen LogP contribution in [-0.2, 0) is 22.6 Å². The Labute approximate surface area is 143 Å². The Hall–Kier alpha value is -2.83. The van der Waals surface area contributed by atoms with Crippen molar-refractivity contribution < 1.29 is 22.8 Å². The standard InChI is InChI=1S/C18H17F3N2O2/c1-12-6-8-13(9-7-12)10-16(24)23-15-5-3-2-4-14(15)11-22-17(25)18(19,20)21/h2-9H,10-11H2,1H3,(H,22,25)(H,23,24). The molecule has 4 nitrogen and oxygen atoms in total. The molecule has 0 saturated heterocycles. The second-order valence-corrected chi connectivity index (χ2v) is 5.55. The minimum absolute atomic E-state index is 0.142. The van der Waals surface area contributed by atoms with Crippen LogP contribution in [0, 0.1) is 6.92 Å². The van der Waals surface area contributed by atoms with Crippen LogP contribution in [0.15, 0.2) is 48.5 Å². The number of amides is 2. The highest BCUT2D eigenvalue weighted by Gasteiger charge is 2.38. The van der Waals surface area contributed by atoms with Crippen molar-refractivity contribution in [3.8, 4) is 0 Å². The van der Waals surface area contributed by atoms with Gasteiger partial charge in [-0.1, -0.05) is 48.0 Å². The largest absolute Gasteiger partial charge is 0.471 e. The summed E-state index contributed by atoms with van der Waals surface area (Å²) >= 11 is 0. The third kappa shape index (κ3) is 5.63. The van der Waals surface area contributed by atoms with E-state index >= 15 is 0 Å². The number of rotatable bonds is 5. The van der Waals surface area contributed by atoms with Gasteiger partial charge in [-0.2, -0.15) is 13.2 Å². The van der Waals surface area contributed by atoms with E-state index in [-0.39, 0.29) is 18.9 Å². The summed E-state index contributed by atoms with van der Waals surface area (Å²) in [4.78, 5) is 23.1. The van der Waals surface area contributed by atoms with E-state index in [0.29, 0.717) is 11.3 Å². The van der Waals surface area contributed by atoms with Crippen LogP contribution < -0.4 is 10.6 Å². The molecule has 2 aromatic carbocycles. The molecule has 0 aliphatic carbocycles. The average Bonchev–Trinajstić information content (AvgIpc) is 2.55. The lowest BCUT2D eigenvalue weighted by molar-refractivity contribution is -0.173. The summed E-state index contributed by atoms with van der Waals surface area (Å²) in [6.45, 7) is 1.61.